The highest BCUT2D eigenvalue weighted by atomic mass is 35.5. The number of halogens is 2. The van der Waals surface area contributed by atoms with E-state index in [1.165, 1.54) is 5.56 Å². The van der Waals surface area contributed by atoms with Gasteiger partial charge in [0.2, 0.25) is 11.8 Å². The maximum absolute atomic E-state index is 13.7. The minimum atomic E-state index is -0.671. The molecule has 0 radical (unpaired) electrons. The van der Waals surface area contributed by atoms with Gasteiger partial charge in [-0.25, -0.2) is 0 Å². The lowest BCUT2D eigenvalue weighted by atomic mass is 9.99. The predicted molar refractivity (Wildman–Crippen MR) is 148 cm³/mol. The molecule has 0 aliphatic heterocycles. The third-order valence-corrected chi connectivity index (χ3v) is 6.84. The number of hydrogen-bond donors (Lipinski definition) is 1. The van der Waals surface area contributed by atoms with E-state index in [0.717, 1.165) is 16.7 Å². The molecule has 3 rings (SSSR count). The lowest BCUT2D eigenvalue weighted by Crippen LogP contribution is -2.50. The van der Waals surface area contributed by atoms with Gasteiger partial charge in [-0.2, -0.15) is 0 Å². The van der Waals surface area contributed by atoms with Gasteiger partial charge in [-0.3, -0.25) is 9.59 Å². The lowest BCUT2D eigenvalue weighted by molar-refractivity contribution is -0.141. The van der Waals surface area contributed by atoms with Gasteiger partial charge in [0, 0.05) is 36.0 Å². The molecule has 0 heterocycles. The fraction of sp³-hybridized carbons (Fsp3) is 0.333. The Morgan fingerprint density at radius 2 is 1.61 bits per heavy atom. The highest BCUT2D eigenvalue weighted by molar-refractivity contribution is 6.35. The first-order chi connectivity index (χ1) is 17.3. The Labute approximate surface area is 224 Å². The van der Waals surface area contributed by atoms with Crippen molar-refractivity contribution in [2.75, 3.05) is 6.54 Å². The summed E-state index contributed by atoms with van der Waals surface area (Å²) in [4.78, 5) is 28.6. The van der Waals surface area contributed by atoms with Gasteiger partial charge >= 0.3 is 0 Å². The van der Waals surface area contributed by atoms with E-state index in [0.29, 0.717) is 35.3 Å². The average molecular weight is 526 g/mol. The molecule has 0 saturated carbocycles. The van der Waals surface area contributed by atoms with Crippen molar-refractivity contribution in [1.29, 1.82) is 0 Å². The van der Waals surface area contributed by atoms with Crippen LogP contribution in [0.4, 0.5) is 0 Å². The molecule has 3 aromatic carbocycles. The van der Waals surface area contributed by atoms with E-state index in [-0.39, 0.29) is 24.8 Å². The van der Waals surface area contributed by atoms with Gasteiger partial charge in [-0.15, -0.1) is 0 Å². The first-order valence-corrected chi connectivity index (χ1v) is 13.2. The summed E-state index contributed by atoms with van der Waals surface area (Å²) in [6, 6.07) is 22.7. The van der Waals surface area contributed by atoms with Crippen LogP contribution in [0.5, 0.6) is 0 Å². The topological polar surface area (TPSA) is 49.4 Å². The van der Waals surface area contributed by atoms with Crippen LogP contribution in [-0.2, 0) is 29.0 Å². The van der Waals surface area contributed by atoms with Gasteiger partial charge in [0.1, 0.15) is 6.04 Å². The second-order valence-electron chi connectivity index (χ2n) is 9.25. The maximum atomic E-state index is 13.7. The van der Waals surface area contributed by atoms with Crippen molar-refractivity contribution < 1.29 is 9.59 Å². The molecule has 0 bridgehead atoms. The van der Waals surface area contributed by atoms with Gasteiger partial charge in [0.05, 0.1) is 0 Å². The van der Waals surface area contributed by atoms with Crippen LogP contribution in [0, 0.1) is 0 Å². The van der Waals surface area contributed by atoms with Gasteiger partial charge in [-0.1, -0.05) is 97.7 Å². The van der Waals surface area contributed by atoms with E-state index in [1.807, 2.05) is 43.3 Å². The SMILES string of the molecule is CCNC(=O)[C@@H](Cc1ccccc1)N(Cc1ccc(Cl)cc1Cl)C(=O)CCc1ccc(C(C)C)cc1. The molecule has 0 saturated heterocycles. The first kappa shape index (κ1) is 27.8. The predicted octanol–water partition coefficient (Wildman–Crippen LogP) is 6.83. The number of hydrogen-bond acceptors (Lipinski definition) is 2. The summed E-state index contributed by atoms with van der Waals surface area (Å²) in [5.41, 5.74) is 4.09. The molecule has 3 aromatic rings. The quantitative estimate of drug-likeness (QED) is 0.299. The van der Waals surface area contributed by atoms with Crippen LogP contribution in [0.3, 0.4) is 0 Å². The number of amides is 2. The van der Waals surface area contributed by atoms with Gasteiger partial charge in [0.15, 0.2) is 0 Å². The average Bonchev–Trinajstić information content (AvgIpc) is 2.86. The van der Waals surface area contributed by atoms with Crippen LogP contribution in [0.25, 0.3) is 0 Å². The molecule has 0 aliphatic carbocycles. The molecule has 0 spiro atoms. The molecule has 6 heteroatoms. The van der Waals surface area contributed by atoms with E-state index < -0.39 is 6.04 Å². The number of carbonyl (C=O) groups excluding carboxylic acids is 2. The molecule has 0 aromatic heterocycles. The summed E-state index contributed by atoms with van der Waals surface area (Å²) < 4.78 is 0. The number of carbonyl (C=O) groups is 2. The van der Waals surface area contributed by atoms with Crippen molar-refractivity contribution in [3.63, 3.8) is 0 Å². The van der Waals surface area contributed by atoms with Crippen LogP contribution in [0.2, 0.25) is 10.0 Å². The normalized spacial score (nSPS) is 11.8. The Kier molecular flexibility index (Phi) is 10.4. The summed E-state index contributed by atoms with van der Waals surface area (Å²) in [6.07, 6.45) is 1.29. The second-order valence-corrected chi connectivity index (χ2v) is 10.1. The van der Waals surface area contributed by atoms with Crippen molar-refractivity contribution in [2.24, 2.45) is 0 Å². The third-order valence-electron chi connectivity index (χ3n) is 6.25. The summed E-state index contributed by atoms with van der Waals surface area (Å²) in [5.74, 6) is 0.179. The first-order valence-electron chi connectivity index (χ1n) is 12.4. The largest absolute Gasteiger partial charge is 0.355 e. The van der Waals surface area contributed by atoms with Crippen molar-refractivity contribution in [2.45, 2.75) is 58.5 Å². The molecular weight excluding hydrogens is 491 g/mol. The Bertz CT molecular complexity index is 1150. The number of aryl methyl sites for hydroxylation is 1. The van der Waals surface area contributed by atoms with E-state index >= 15 is 0 Å². The maximum Gasteiger partial charge on any atom is 0.243 e. The Morgan fingerprint density at radius 3 is 2.22 bits per heavy atom. The minimum absolute atomic E-state index is 0.0962. The molecule has 190 valence electrons. The molecule has 1 atom stereocenters. The number of benzene rings is 3. The summed E-state index contributed by atoms with van der Waals surface area (Å²) >= 11 is 12.6. The number of likely N-dealkylation sites (N-methyl/N-ethyl adjacent to an activating group) is 1. The number of rotatable bonds is 11. The minimum Gasteiger partial charge on any atom is -0.355 e. The summed E-state index contributed by atoms with van der Waals surface area (Å²) in [5, 5.41) is 3.91. The van der Waals surface area contributed by atoms with Crippen molar-refractivity contribution in [1.82, 2.24) is 10.2 Å². The molecule has 0 fully saturated rings. The Morgan fingerprint density at radius 1 is 0.917 bits per heavy atom. The van der Waals surface area contributed by atoms with E-state index in [9.17, 15) is 9.59 Å². The molecule has 1 N–H and O–H groups in total. The highest BCUT2D eigenvalue weighted by Gasteiger charge is 2.30. The van der Waals surface area contributed by atoms with Crippen LogP contribution < -0.4 is 5.32 Å². The monoisotopic (exact) mass is 524 g/mol. The Hall–Kier alpha value is -2.82. The lowest BCUT2D eigenvalue weighted by Gasteiger charge is -2.32. The molecule has 4 nitrogen and oxygen atoms in total. The van der Waals surface area contributed by atoms with E-state index in [4.69, 9.17) is 23.2 Å². The fourth-order valence-corrected chi connectivity index (χ4v) is 4.61. The van der Waals surface area contributed by atoms with Crippen molar-refractivity contribution in [3.05, 3.63) is 105 Å². The molecular formula is C30H34Cl2N2O2. The van der Waals surface area contributed by atoms with Crippen LogP contribution in [0.15, 0.2) is 72.8 Å². The molecule has 0 unspecified atom stereocenters. The van der Waals surface area contributed by atoms with E-state index in [1.54, 1.807) is 17.0 Å². The fourth-order valence-electron chi connectivity index (χ4n) is 4.14. The van der Waals surface area contributed by atoms with Gasteiger partial charge in [0.25, 0.3) is 0 Å². The van der Waals surface area contributed by atoms with Crippen LogP contribution >= 0.6 is 23.2 Å². The van der Waals surface area contributed by atoms with Crippen LogP contribution in [-0.4, -0.2) is 29.3 Å². The van der Waals surface area contributed by atoms with E-state index in [2.05, 4.69) is 43.4 Å². The molecule has 0 aliphatic rings. The highest BCUT2D eigenvalue weighted by Crippen LogP contribution is 2.25. The zero-order chi connectivity index (χ0) is 26.1. The summed E-state index contributed by atoms with van der Waals surface area (Å²) in [6.45, 7) is 6.89. The summed E-state index contributed by atoms with van der Waals surface area (Å²) in [7, 11) is 0. The van der Waals surface area contributed by atoms with Gasteiger partial charge in [-0.05, 0) is 53.6 Å². The Balaban J connectivity index is 1.89. The third kappa shape index (κ3) is 7.84. The zero-order valence-electron chi connectivity index (χ0n) is 21.1. The van der Waals surface area contributed by atoms with Gasteiger partial charge < -0.3 is 10.2 Å². The smallest absolute Gasteiger partial charge is 0.243 e. The van der Waals surface area contributed by atoms with Crippen molar-refractivity contribution >= 4 is 35.0 Å². The zero-order valence-corrected chi connectivity index (χ0v) is 22.6. The standard InChI is InChI=1S/C30H34Cl2N2O2/c1-4-33-30(36)28(18-23-8-6-5-7-9-23)34(20-25-15-16-26(31)19-27(25)32)29(35)17-12-22-10-13-24(14-11-22)21(2)3/h5-11,13-16,19,21,28H,4,12,17-18,20H2,1-3H3,(H,33,36)/t28-/m1/s1. The second kappa shape index (κ2) is 13.5. The molecule has 2 amide bonds. The van der Waals surface area contributed by atoms with Crippen molar-refractivity contribution in [3.8, 4) is 0 Å². The number of nitrogens with one attached hydrogen (secondary N) is 1. The van der Waals surface area contributed by atoms with Crippen LogP contribution in [0.1, 0.15) is 55.4 Å². The molecule has 36 heavy (non-hydrogen) atoms. The number of nitrogens with zero attached hydrogens (tertiary/aromatic N) is 1.